The fraction of sp³-hybridized carbons (Fsp3) is 0.462. The lowest BCUT2D eigenvalue weighted by Crippen LogP contribution is -2.37. The Morgan fingerprint density at radius 1 is 1.11 bits per heavy atom. The van der Waals surface area contributed by atoms with Gasteiger partial charge in [-0.25, -0.2) is 9.98 Å². The van der Waals surface area contributed by atoms with Gasteiger partial charge in [-0.3, -0.25) is 4.79 Å². The van der Waals surface area contributed by atoms with E-state index in [0.29, 0.717) is 36.4 Å². The number of aliphatic imine (C=N–C) groups is 1. The number of benzene rings is 1. The summed E-state index contributed by atoms with van der Waals surface area (Å²) in [6, 6.07) is 9.62. The molecule has 1 saturated heterocycles. The van der Waals surface area contributed by atoms with Crippen LogP contribution < -0.4 is 22.1 Å². The molecule has 2 heterocycles. The highest BCUT2D eigenvalue weighted by Crippen LogP contribution is 2.33. The molecule has 35 heavy (non-hydrogen) atoms. The van der Waals surface area contributed by atoms with Crippen molar-refractivity contribution >= 4 is 29.2 Å². The highest BCUT2D eigenvalue weighted by molar-refractivity contribution is 5.93. The van der Waals surface area contributed by atoms with Gasteiger partial charge in [0.15, 0.2) is 5.82 Å². The van der Waals surface area contributed by atoms with Crippen LogP contribution in [0, 0.1) is 5.92 Å². The number of amidine groups is 1. The second kappa shape index (κ2) is 12.3. The van der Waals surface area contributed by atoms with Crippen molar-refractivity contribution in [1.29, 1.82) is 0 Å². The third-order valence-corrected chi connectivity index (χ3v) is 6.30. The van der Waals surface area contributed by atoms with E-state index in [-0.39, 0.29) is 5.91 Å². The smallest absolute Gasteiger partial charge is 0.229 e. The van der Waals surface area contributed by atoms with Gasteiger partial charge in [-0.15, -0.1) is 0 Å². The molecule has 186 valence electrons. The minimum absolute atomic E-state index is 0.1000. The van der Waals surface area contributed by atoms with Gasteiger partial charge in [-0.2, -0.15) is 4.98 Å². The number of nitrogens with two attached hydrogens (primary N) is 2. The van der Waals surface area contributed by atoms with Gasteiger partial charge in [0.2, 0.25) is 11.9 Å². The number of aromatic nitrogens is 2. The maximum Gasteiger partial charge on any atom is 0.229 e. The second-order valence-electron chi connectivity index (χ2n) is 9.27. The fourth-order valence-electron chi connectivity index (χ4n) is 4.11. The minimum Gasteiger partial charge on any atom is -0.402 e. The van der Waals surface area contributed by atoms with E-state index >= 15 is 0 Å². The van der Waals surface area contributed by atoms with Crippen molar-refractivity contribution in [2.75, 3.05) is 31.5 Å². The Hall–Kier alpha value is -3.46. The standard InChI is InChI=1S/C26H36N8O/c27-22(20-7-8-20)18-23(28)32-24-12-13-30-26(33-24)31-21-9-4-19(5-10-21)6-11-25(35)29-14-17-34-15-2-1-3-16-34/h4-5,9-10,12-13,18,20H,1-3,6-8,11,14-17,27H2,(H,29,35)(H3,28,30,31,32,33). The molecular formula is C26H36N8O. The Kier molecular flexibility index (Phi) is 8.67. The van der Waals surface area contributed by atoms with Gasteiger partial charge in [-0.05, 0) is 74.9 Å². The number of rotatable bonds is 11. The Morgan fingerprint density at radius 2 is 1.89 bits per heavy atom. The first-order valence-corrected chi connectivity index (χ1v) is 12.5. The van der Waals surface area contributed by atoms with Crippen molar-refractivity contribution in [3.05, 3.63) is 53.9 Å². The van der Waals surface area contributed by atoms with Crippen LogP contribution in [0.3, 0.4) is 0 Å². The summed E-state index contributed by atoms with van der Waals surface area (Å²) in [5.74, 6) is 1.76. The summed E-state index contributed by atoms with van der Waals surface area (Å²) >= 11 is 0. The van der Waals surface area contributed by atoms with E-state index in [1.807, 2.05) is 24.3 Å². The maximum atomic E-state index is 12.2. The largest absolute Gasteiger partial charge is 0.402 e. The number of anilines is 2. The Balaban J connectivity index is 1.22. The molecule has 2 aliphatic rings. The van der Waals surface area contributed by atoms with E-state index in [1.54, 1.807) is 18.3 Å². The lowest BCUT2D eigenvalue weighted by molar-refractivity contribution is -0.121. The predicted molar refractivity (Wildman–Crippen MR) is 140 cm³/mol. The molecule has 0 radical (unpaired) electrons. The van der Waals surface area contributed by atoms with Gasteiger partial charge in [0.1, 0.15) is 5.84 Å². The minimum atomic E-state index is 0.1000. The third kappa shape index (κ3) is 8.36. The molecule has 1 aromatic carbocycles. The summed E-state index contributed by atoms with van der Waals surface area (Å²) in [6.45, 7) is 3.97. The van der Waals surface area contributed by atoms with Crippen molar-refractivity contribution in [2.45, 2.75) is 44.9 Å². The van der Waals surface area contributed by atoms with Crippen LogP contribution >= 0.6 is 0 Å². The highest BCUT2D eigenvalue weighted by atomic mass is 16.1. The quantitative estimate of drug-likeness (QED) is 0.289. The monoisotopic (exact) mass is 476 g/mol. The Labute approximate surface area is 207 Å². The number of hydrogen-bond acceptors (Lipinski definition) is 7. The normalized spacial score (nSPS) is 17.3. The van der Waals surface area contributed by atoms with Crippen molar-refractivity contribution in [2.24, 2.45) is 22.4 Å². The SMILES string of the molecule is NC(=CC(N)=Nc1ccnc(Nc2ccc(CCC(=O)NCCN3CCCCC3)cc2)n1)C1CC1. The highest BCUT2D eigenvalue weighted by Gasteiger charge is 2.23. The van der Waals surface area contributed by atoms with Gasteiger partial charge in [0.25, 0.3) is 0 Å². The van der Waals surface area contributed by atoms with E-state index in [4.69, 9.17) is 11.5 Å². The van der Waals surface area contributed by atoms with E-state index in [2.05, 4.69) is 30.5 Å². The molecule has 1 aliphatic heterocycles. The number of nitrogens with zero attached hydrogens (tertiary/aromatic N) is 4. The van der Waals surface area contributed by atoms with Crippen molar-refractivity contribution in [3.63, 3.8) is 0 Å². The number of carbonyl (C=O) groups is 1. The molecular weight excluding hydrogens is 440 g/mol. The van der Waals surface area contributed by atoms with E-state index in [0.717, 1.165) is 56.0 Å². The molecule has 1 aliphatic carbocycles. The van der Waals surface area contributed by atoms with Gasteiger partial charge >= 0.3 is 0 Å². The first-order valence-electron chi connectivity index (χ1n) is 12.5. The van der Waals surface area contributed by atoms with Crippen LogP contribution in [0.4, 0.5) is 17.5 Å². The van der Waals surface area contributed by atoms with E-state index in [9.17, 15) is 4.79 Å². The number of carbonyl (C=O) groups excluding carboxylic acids is 1. The van der Waals surface area contributed by atoms with Crippen molar-refractivity contribution < 1.29 is 4.79 Å². The molecule has 0 unspecified atom stereocenters. The number of hydrogen-bond donors (Lipinski definition) is 4. The summed E-state index contributed by atoms with van der Waals surface area (Å²) in [7, 11) is 0. The van der Waals surface area contributed by atoms with Gasteiger partial charge < -0.3 is 27.0 Å². The lowest BCUT2D eigenvalue weighted by Gasteiger charge is -2.26. The Bertz CT molecular complexity index is 1040. The zero-order valence-electron chi connectivity index (χ0n) is 20.2. The molecule has 2 fully saturated rings. The molecule has 4 rings (SSSR count). The van der Waals surface area contributed by atoms with Crippen LogP contribution in [0.25, 0.3) is 0 Å². The molecule has 1 aromatic heterocycles. The molecule has 1 amide bonds. The maximum absolute atomic E-state index is 12.2. The molecule has 1 saturated carbocycles. The zero-order chi connectivity index (χ0) is 24.5. The van der Waals surface area contributed by atoms with E-state index < -0.39 is 0 Å². The summed E-state index contributed by atoms with van der Waals surface area (Å²) in [4.78, 5) is 27.6. The summed E-state index contributed by atoms with van der Waals surface area (Å²) in [5.41, 5.74) is 14.7. The number of nitrogens with one attached hydrogen (secondary N) is 2. The van der Waals surface area contributed by atoms with Crippen LogP contribution in [0.1, 0.15) is 44.1 Å². The molecule has 9 heteroatoms. The molecule has 0 bridgehead atoms. The van der Waals surface area contributed by atoms with Crippen molar-refractivity contribution in [3.8, 4) is 0 Å². The number of allylic oxidation sites excluding steroid dienone is 1. The fourth-order valence-corrected chi connectivity index (χ4v) is 4.11. The number of aryl methyl sites for hydroxylation is 1. The lowest BCUT2D eigenvalue weighted by atomic mass is 10.1. The summed E-state index contributed by atoms with van der Waals surface area (Å²) in [5, 5.41) is 6.22. The molecule has 2 aromatic rings. The average Bonchev–Trinajstić information content (AvgIpc) is 3.70. The number of piperidine rings is 1. The molecule has 0 spiro atoms. The topological polar surface area (TPSA) is 135 Å². The van der Waals surface area contributed by atoms with Crippen LogP contribution in [-0.2, 0) is 11.2 Å². The third-order valence-electron chi connectivity index (χ3n) is 6.30. The average molecular weight is 477 g/mol. The van der Waals surface area contributed by atoms with Crippen molar-refractivity contribution in [1.82, 2.24) is 20.2 Å². The summed E-state index contributed by atoms with van der Waals surface area (Å²) in [6.07, 6.45) is 10.6. The second-order valence-corrected chi connectivity index (χ2v) is 9.27. The van der Waals surface area contributed by atoms with Gasteiger partial charge in [0.05, 0.1) is 0 Å². The van der Waals surface area contributed by atoms with Crippen LogP contribution in [0.15, 0.2) is 53.3 Å². The molecule has 9 nitrogen and oxygen atoms in total. The van der Waals surface area contributed by atoms with Crippen LogP contribution in [0.2, 0.25) is 0 Å². The van der Waals surface area contributed by atoms with Crippen LogP contribution in [-0.4, -0.2) is 52.8 Å². The van der Waals surface area contributed by atoms with E-state index in [1.165, 1.54) is 19.3 Å². The summed E-state index contributed by atoms with van der Waals surface area (Å²) < 4.78 is 0. The van der Waals surface area contributed by atoms with Gasteiger partial charge in [0, 0.05) is 43.2 Å². The molecule has 6 N–H and O–H groups in total. The predicted octanol–water partition coefficient (Wildman–Crippen LogP) is 3.00. The zero-order valence-corrected chi connectivity index (χ0v) is 20.2. The number of likely N-dealkylation sites (tertiary alicyclic amines) is 1. The first kappa shape index (κ1) is 24.7. The van der Waals surface area contributed by atoms with Crippen LogP contribution in [0.5, 0.6) is 0 Å². The first-order chi connectivity index (χ1) is 17.0. The molecule has 0 atom stereocenters. The Morgan fingerprint density at radius 3 is 2.63 bits per heavy atom. The number of amides is 1. The van der Waals surface area contributed by atoms with Gasteiger partial charge in [-0.1, -0.05) is 18.6 Å².